The van der Waals surface area contributed by atoms with Gasteiger partial charge in [-0.25, -0.2) is 0 Å². The summed E-state index contributed by atoms with van der Waals surface area (Å²) in [7, 11) is 0. The van der Waals surface area contributed by atoms with Gasteiger partial charge in [0.25, 0.3) is 5.91 Å². The van der Waals surface area contributed by atoms with Crippen LogP contribution in [0.15, 0.2) is 57.2 Å². The average molecular weight is 455 g/mol. The van der Waals surface area contributed by atoms with Gasteiger partial charge in [-0.3, -0.25) is 4.79 Å². The lowest BCUT2D eigenvalue weighted by molar-refractivity contribution is 0.0747. The Bertz CT molecular complexity index is 1050. The van der Waals surface area contributed by atoms with Crippen molar-refractivity contribution >= 4 is 44.1 Å². The van der Waals surface area contributed by atoms with E-state index in [-0.39, 0.29) is 11.8 Å². The molecule has 0 radical (unpaired) electrons. The van der Waals surface area contributed by atoms with E-state index in [1.807, 2.05) is 23.1 Å². The second-order valence-electron chi connectivity index (χ2n) is 7.45. The molecular formula is C22H23BrN4O2. The Labute approximate surface area is 177 Å². The van der Waals surface area contributed by atoms with Crippen molar-refractivity contribution in [2.75, 3.05) is 13.1 Å². The summed E-state index contributed by atoms with van der Waals surface area (Å²) in [5, 5.41) is 19.4. The first-order chi connectivity index (χ1) is 14.0. The molecule has 150 valence electrons. The van der Waals surface area contributed by atoms with Crippen molar-refractivity contribution in [1.82, 2.24) is 9.88 Å². The Morgan fingerprint density at radius 1 is 1.21 bits per heavy atom. The number of aromatic hydroxyl groups is 1. The smallest absolute Gasteiger partial charge is 0.253 e. The molecule has 4 rings (SSSR count). The molecule has 1 fully saturated rings. The fourth-order valence-corrected chi connectivity index (χ4v) is 3.72. The van der Waals surface area contributed by atoms with Crippen molar-refractivity contribution in [3.8, 4) is 5.88 Å². The van der Waals surface area contributed by atoms with Gasteiger partial charge < -0.3 is 15.0 Å². The molecule has 6 nitrogen and oxygen atoms in total. The number of carbonyl (C=O) groups excluding carboxylic acids is 1. The van der Waals surface area contributed by atoms with E-state index in [1.165, 1.54) is 12.8 Å². The predicted octanol–water partition coefficient (Wildman–Crippen LogP) is 6.31. The molecule has 0 atom stereocenters. The van der Waals surface area contributed by atoms with Crippen LogP contribution in [-0.2, 0) is 0 Å². The number of aromatic amines is 1. The number of hydrogen-bond donors (Lipinski definition) is 2. The van der Waals surface area contributed by atoms with E-state index in [0.29, 0.717) is 22.9 Å². The van der Waals surface area contributed by atoms with Gasteiger partial charge in [0.1, 0.15) is 0 Å². The number of halogens is 1. The van der Waals surface area contributed by atoms with Gasteiger partial charge in [0.15, 0.2) is 5.69 Å². The van der Waals surface area contributed by atoms with Crippen molar-refractivity contribution < 1.29 is 9.90 Å². The van der Waals surface area contributed by atoms with E-state index in [0.717, 1.165) is 34.9 Å². The van der Waals surface area contributed by atoms with Crippen LogP contribution in [0.5, 0.6) is 5.88 Å². The largest absolute Gasteiger partial charge is 0.493 e. The zero-order valence-corrected chi connectivity index (χ0v) is 17.8. The lowest BCUT2D eigenvalue weighted by atomic mass is 10.1. The summed E-state index contributed by atoms with van der Waals surface area (Å²) in [4.78, 5) is 17.7. The number of benzene rings is 2. The molecule has 1 aliphatic carbocycles. The molecule has 1 saturated carbocycles. The molecular weight excluding hydrogens is 432 g/mol. The molecule has 29 heavy (non-hydrogen) atoms. The number of nitrogens with zero attached hydrogens (tertiary/aromatic N) is 3. The maximum Gasteiger partial charge on any atom is 0.253 e. The highest BCUT2D eigenvalue weighted by Gasteiger charge is 2.26. The van der Waals surface area contributed by atoms with E-state index >= 15 is 0 Å². The third-order valence-corrected chi connectivity index (χ3v) is 5.54. The minimum Gasteiger partial charge on any atom is -0.493 e. The third-order valence-electron chi connectivity index (χ3n) is 5.05. The fourth-order valence-electron chi connectivity index (χ4n) is 3.36. The summed E-state index contributed by atoms with van der Waals surface area (Å²) in [6.45, 7) is 3.73. The molecule has 0 aliphatic heterocycles. The molecule has 0 saturated heterocycles. The number of fused-ring (bicyclic) bond motifs is 1. The molecule has 1 heterocycles. The second kappa shape index (κ2) is 8.37. The first-order valence-electron chi connectivity index (χ1n) is 9.86. The standard InChI is InChI=1S/C22H23BrN4O2/c1-2-11-27(13-14-3-4-14)22(29)15-5-8-17(9-6-15)25-26-20-18-12-16(23)7-10-19(18)24-21(20)28/h5-10,12,14,24,28H,2-4,11,13H2,1H3. The van der Waals surface area contributed by atoms with Crippen LogP contribution < -0.4 is 0 Å². The summed E-state index contributed by atoms with van der Waals surface area (Å²) in [5.74, 6) is 0.716. The molecule has 0 bridgehead atoms. The number of nitrogens with one attached hydrogen (secondary N) is 1. The molecule has 7 heteroatoms. The lowest BCUT2D eigenvalue weighted by Gasteiger charge is -2.22. The van der Waals surface area contributed by atoms with Crippen LogP contribution in [0.2, 0.25) is 0 Å². The van der Waals surface area contributed by atoms with Gasteiger partial charge in [-0.2, -0.15) is 5.11 Å². The highest BCUT2D eigenvalue weighted by Crippen LogP contribution is 2.37. The highest BCUT2D eigenvalue weighted by molar-refractivity contribution is 9.10. The lowest BCUT2D eigenvalue weighted by Crippen LogP contribution is -2.33. The van der Waals surface area contributed by atoms with Crippen LogP contribution in [0.1, 0.15) is 36.5 Å². The number of carbonyl (C=O) groups is 1. The molecule has 0 unspecified atom stereocenters. The first-order valence-corrected chi connectivity index (χ1v) is 10.7. The number of aromatic nitrogens is 1. The van der Waals surface area contributed by atoms with Crippen LogP contribution in [0, 0.1) is 5.92 Å². The van der Waals surface area contributed by atoms with Gasteiger partial charge in [-0.1, -0.05) is 22.9 Å². The van der Waals surface area contributed by atoms with Crippen molar-refractivity contribution in [1.29, 1.82) is 0 Å². The first kappa shape index (κ1) is 19.6. The summed E-state index contributed by atoms with van der Waals surface area (Å²) < 4.78 is 0.895. The Balaban J connectivity index is 1.51. The summed E-state index contributed by atoms with van der Waals surface area (Å²) in [5.41, 5.74) is 2.46. The molecule has 1 amide bonds. The topological polar surface area (TPSA) is 81.1 Å². The molecule has 1 aliphatic rings. The van der Waals surface area contributed by atoms with Gasteiger partial charge in [-0.05, 0) is 67.6 Å². The van der Waals surface area contributed by atoms with Crippen LogP contribution in [0.4, 0.5) is 11.4 Å². The molecule has 1 aromatic heterocycles. The molecule has 0 spiro atoms. The summed E-state index contributed by atoms with van der Waals surface area (Å²) in [6, 6.07) is 12.8. The van der Waals surface area contributed by atoms with Crippen molar-refractivity contribution in [3.63, 3.8) is 0 Å². The van der Waals surface area contributed by atoms with Crippen LogP contribution >= 0.6 is 15.9 Å². The van der Waals surface area contributed by atoms with Gasteiger partial charge in [0.05, 0.1) is 11.2 Å². The van der Waals surface area contributed by atoms with Crippen LogP contribution in [0.3, 0.4) is 0 Å². The van der Waals surface area contributed by atoms with Crippen LogP contribution in [-0.4, -0.2) is 34.0 Å². The maximum atomic E-state index is 12.8. The SMILES string of the molecule is CCCN(CC1CC1)C(=O)c1ccc(N=Nc2c(O)[nH]c3ccc(Br)cc23)cc1. The number of amides is 1. The Morgan fingerprint density at radius 2 is 1.97 bits per heavy atom. The second-order valence-corrected chi connectivity index (χ2v) is 8.37. The summed E-state index contributed by atoms with van der Waals surface area (Å²) in [6.07, 6.45) is 3.41. The van der Waals surface area contributed by atoms with Crippen molar-refractivity contribution in [2.45, 2.75) is 26.2 Å². The van der Waals surface area contributed by atoms with Gasteiger partial charge in [-0.15, -0.1) is 5.11 Å². The molecule has 2 N–H and O–H groups in total. The van der Waals surface area contributed by atoms with Crippen LogP contribution in [0.25, 0.3) is 10.9 Å². The van der Waals surface area contributed by atoms with Gasteiger partial charge in [0, 0.05) is 28.5 Å². The van der Waals surface area contributed by atoms with E-state index < -0.39 is 0 Å². The minimum absolute atomic E-state index is 0.0241. The van der Waals surface area contributed by atoms with E-state index in [2.05, 4.69) is 38.1 Å². The Morgan fingerprint density at radius 3 is 2.66 bits per heavy atom. The van der Waals surface area contributed by atoms with E-state index in [1.54, 1.807) is 24.3 Å². The fraction of sp³-hybridized carbons (Fsp3) is 0.318. The Hall–Kier alpha value is -2.67. The molecule has 2 aromatic carbocycles. The highest BCUT2D eigenvalue weighted by atomic mass is 79.9. The number of hydrogen-bond acceptors (Lipinski definition) is 4. The predicted molar refractivity (Wildman–Crippen MR) is 117 cm³/mol. The number of H-pyrrole nitrogens is 1. The van der Waals surface area contributed by atoms with E-state index in [9.17, 15) is 9.90 Å². The number of rotatable bonds is 7. The summed E-state index contributed by atoms with van der Waals surface area (Å²) >= 11 is 3.43. The normalized spacial score (nSPS) is 14.0. The minimum atomic E-state index is -0.0241. The zero-order chi connectivity index (χ0) is 20.4. The third kappa shape index (κ3) is 4.50. The van der Waals surface area contributed by atoms with Crippen molar-refractivity contribution in [3.05, 3.63) is 52.5 Å². The molecule has 3 aromatic rings. The average Bonchev–Trinajstić information content (AvgIpc) is 3.48. The quantitative estimate of drug-likeness (QED) is 0.409. The van der Waals surface area contributed by atoms with Gasteiger partial charge >= 0.3 is 0 Å². The monoisotopic (exact) mass is 454 g/mol. The Kier molecular flexibility index (Phi) is 5.67. The zero-order valence-electron chi connectivity index (χ0n) is 16.2. The van der Waals surface area contributed by atoms with Crippen molar-refractivity contribution in [2.24, 2.45) is 16.1 Å². The van der Waals surface area contributed by atoms with E-state index in [4.69, 9.17) is 0 Å². The maximum absolute atomic E-state index is 12.8. The van der Waals surface area contributed by atoms with Gasteiger partial charge in [0.2, 0.25) is 5.88 Å². The number of azo groups is 1.